The van der Waals surface area contributed by atoms with Gasteiger partial charge in [-0.25, -0.2) is 4.79 Å². The van der Waals surface area contributed by atoms with Crippen LogP contribution in [0.2, 0.25) is 0 Å². The smallest absolute Gasteiger partial charge is 0.329 e. The number of carbonyl (C=O) groups excluding carboxylic acids is 1. The summed E-state index contributed by atoms with van der Waals surface area (Å²) in [6, 6.07) is 5.68. The molecule has 1 unspecified atom stereocenters. The molecule has 112 valence electrons. The van der Waals surface area contributed by atoms with Crippen LogP contribution in [0, 0.1) is 13.8 Å². The number of furan rings is 1. The second kappa shape index (κ2) is 5.24. The minimum Gasteiger partial charge on any atom is -0.480 e. The third-order valence-electron chi connectivity index (χ3n) is 3.94. The van der Waals surface area contributed by atoms with Gasteiger partial charge in [0.05, 0.1) is 0 Å². The van der Waals surface area contributed by atoms with Gasteiger partial charge in [0.25, 0.3) is 5.91 Å². The van der Waals surface area contributed by atoms with Crippen LogP contribution in [0.25, 0.3) is 11.0 Å². The summed E-state index contributed by atoms with van der Waals surface area (Å²) < 4.78 is 5.66. The van der Waals surface area contributed by atoms with E-state index in [1.165, 1.54) is 6.92 Å². The number of aliphatic carboxylic acids is 1. The summed E-state index contributed by atoms with van der Waals surface area (Å²) >= 11 is 0. The molecule has 0 aliphatic heterocycles. The first kappa shape index (κ1) is 15.1. The molecule has 2 rings (SSSR count). The van der Waals surface area contributed by atoms with Crippen molar-refractivity contribution in [3.8, 4) is 0 Å². The molecule has 21 heavy (non-hydrogen) atoms. The lowest BCUT2D eigenvalue weighted by molar-refractivity contribution is -0.143. The Labute approximate surface area is 122 Å². The molecule has 0 bridgehead atoms. The molecule has 0 spiro atoms. The molecule has 0 radical (unpaired) electrons. The van der Waals surface area contributed by atoms with Gasteiger partial charge in [-0.05, 0) is 32.8 Å². The predicted octanol–water partition coefficient (Wildman–Crippen LogP) is 3.03. The van der Waals surface area contributed by atoms with Gasteiger partial charge in [-0.3, -0.25) is 4.79 Å². The molecule has 1 aromatic heterocycles. The van der Waals surface area contributed by atoms with E-state index in [-0.39, 0.29) is 12.2 Å². The van der Waals surface area contributed by atoms with E-state index in [0.29, 0.717) is 5.58 Å². The zero-order valence-electron chi connectivity index (χ0n) is 12.6. The number of aryl methyl sites for hydroxylation is 2. The Morgan fingerprint density at radius 1 is 1.33 bits per heavy atom. The predicted molar refractivity (Wildman–Crippen MR) is 79.5 cm³/mol. The van der Waals surface area contributed by atoms with Crippen molar-refractivity contribution in [2.75, 3.05) is 0 Å². The summed E-state index contributed by atoms with van der Waals surface area (Å²) in [6.45, 7) is 6.89. The number of para-hydroxylation sites is 1. The third kappa shape index (κ3) is 2.51. The van der Waals surface area contributed by atoms with Gasteiger partial charge < -0.3 is 14.8 Å². The lowest BCUT2D eigenvalue weighted by atomic mass is 9.99. The summed E-state index contributed by atoms with van der Waals surface area (Å²) in [6.07, 6.45) is 0.284. The molecule has 5 heteroatoms. The fourth-order valence-electron chi connectivity index (χ4n) is 2.20. The number of hydrogen-bond acceptors (Lipinski definition) is 3. The van der Waals surface area contributed by atoms with Crippen molar-refractivity contribution in [1.29, 1.82) is 0 Å². The van der Waals surface area contributed by atoms with E-state index in [2.05, 4.69) is 5.32 Å². The van der Waals surface area contributed by atoms with Crippen LogP contribution in [-0.2, 0) is 4.79 Å². The van der Waals surface area contributed by atoms with Crippen molar-refractivity contribution < 1.29 is 19.1 Å². The molecule has 0 saturated heterocycles. The number of nitrogens with one attached hydrogen (secondary N) is 1. The number of amides is 1. The van der Waals surface area contributed by atoms with Crippen LogP contribution in [0.4, 0.5) is 0 Å². The van der Waals surface area contributed by atoms with Gasteiger partial charge in [0.1, 0.15) is 11.1 Å². The average molecular weight is 289 g/mol. The van der Waals surface area contributed by atoms with Crippen LogP contribution in [0.3, 0.4) is 0 Å². The highest BCUT2D eigenvalue weighted by atomic mass is 16.4. The maximum Gasteiger partial charge on any atom is 0.329 e. The largest absolute Gasteiger partial charge is 0.480 e. The van der Waals surface area contributed by atoms with Gasteiger partial charge in [0.15, 0.2) is 5.76 Å². The molecule has 2 N–H and O–H groups in total. The van der Waals surface area contributed by atoms with Crippen molar-refractivity contribution in [2.45, 2.75) is 39.7 Å². The van der Waals surface area contributed by atoms with Crippen LogP contribution >= 0.6 is 0 Å². The van der Waals surface area contributed by atoms with Gasteiger partial charge in [-0.1, -0.05) is 25.1 Å². The lowest BCUT2D eigenvalue weighted by Gasteiger charge is -2.24. The number of hydrogen-bond donors (Lipinski definition) is 2. The first-order valence-electron chi connectivity index (χ1n) is 6.84. The van der Waals surface area contributed by atoms with Gasteiger partial charge in [-0.2, -0.15) is 0 Å². The summed E-state index contributed by atoms with van der Waals surface area (Å²) in [4.78, 5) is 23.6. The van der Waals surface area contributed by atoms with E-state index < -0.39 is 17.4 Å². The van der Waals surface area contributed by atoms with E-state index in [1.54, 1.807) is 13.8 Å². The summed E-state index contributed by atoms with van der Waals surface area (Å²) in [7, 11) is 0. The highest BCUT2D eigenvalue weighted by Gasteiger charge is 2.34. The quantitative estimate of drug-likeness (QED) is 0.906. The Morgan fingerprint density at radius 3 is 2.52 bits per heavy atom. The molecule has 1 aromatic carbocycles. The van der Waals surface area contributed by atoms with Crippen molar-refractivity contribution >= 4 is 22.8 Å². The SMILES string of the molecule is CCC(C)(NC(=O)c1oc2c(C)cccc2c1C)C(=O)O. The fourth-order valence-corrected chi connectivity index (χ4v) is 2.20. The van der Waals surface area contributed by atoms with Crippen molar-refractivity contribution in [1.82, 2.24) is 5.32 Å². The minimum absolute atomic E-state index is 0.167. The first-order valence-corrected chi connectivity index (χ1v) is 6.84. The topological polar surface area (TPSA) is 79.5 Å². The Kier molecular flexibility index (Phi) is 3.77. The number of rotatable bonds is 4. The number of fused-ring (bicyclic) bond motifs is 1. The highest BCUT2D eigenvalue weighted by Crippen LogP contribution is 2.28. The molecule has 0 aliphatic rings. The van der Waals surface area contributed by atoms with Gasteiger partial charge >= 0.3 is 5.97 Å². The van der Waals surface area contributed by atoms with Gasteiger partial charge in [-0.15, -0.1) is 0 Å². The lowest BCUT2D eigenvalue weighted by Crippen LogP contribution is -2.51. The normalized spacial score (nSPS) is 13.9. The van der Waals surface area contributed by atoms with Crippen molar-refractivity contribution in [2.24, 2.45) is 0 Å². The van der Waals surface area contributed by atoms with Crippen LogP contribution in [-0.4, -0.2) is 22.5 Å². The van der Waals surface area contributed by atoms with E-state index in [9.17, 15) is 14.7 Å². The molecule has 1 amide bonds. The third-order valence-corrected chi connectivity index (χ3v) is 3.94. The van der Waals surface area contributed by atoms with Crippen molar-refractivity contribution in [3.05, 3.63) is 35.1 Å². The molecule has 1 atom stereocenters. The van der Waals surface area contributed by atoms with Gasteiger partial charge in [0.2, 0.25) is 0 Å². The second-order valence-electron chi connectivity index (χ2n) is 5.45. The van der Waals surface area contributed by atoms with Crippen LogP contribution in [0.1, 0.15) is 41.9 Å². The molecule has 0 aliphatic carbocycles. The monoisotopic (exact) mass is 289 g/mol. The molecule has 0 saturated carbocycles. The minimum atomic E-state index is -1.31. The number of carboxylic acid groups (broad SMARTS) is 1. The van der Waals surface area contributed by atoms with Crippen LogP contribution in [0.15, 0.2) is 22.6 Å². The summed E-state index contributed by atoms with van der Waals surface area (Å²) in [5.74, 6) is -1.40. The highest BCUT2D eigenvalue weighted by molar-refractivity contribution is 6.01. The molecular formula is C16H19NO4. The first-order chi connectivity index (χ1) is 9.80. The standard InChI is InChI=1S/C16H19NO4/c1-5-16(4,15(19)20)17-14(18)13-10(3)11-8-6-7-9(2)12(11)21-13/h6-8H,5H2,1-4H3,(H,17,18)(H,19,20). The fraction of sp³-hybridized carbons (Fsp3) is 0.375. The van der Waals surface area contributed by atoms with E-state index in [4.69, 9.17) is 4.42 Å². The zero-order chi connectivity index (χ0) is 15.8. The Hall–Kier alpha value is -2.30. The zero-order valence-corrected chi connectivity index (χ0v) is 12.6. The second-order valence-corrected chi connectivity index (χ2v) is 5.45. The number of carbonyl (C=O) groups is 2. The summed E-state index contributed by atoms with van der Waals surface area (Å²) in [5.41, 5.74) is 1.01. The maximum absolute atomic E-state index is 12.4. The maximum atomic E-state index is 12.4. The molecule has 0 fully saturated rings. The molecular weight excluding hydrogens is 270 g/mol. The van der Waals surface area contributed by atoms with Gasteiger partial charge in [0, 0.05) is 10.9 Å². The Balaban J connectivity index is 2.43. The average Bonchev–Trinajstić information content (AvgIpc) is 2.77. The summed E-state index contributed by atoms with van der Waals surface area (Å²) in [5, 5.41) is 12.7. The van der Waals surface area contributed by atoms with E-state index in [1.807, 2.05) is 25.1 Å². The Morgan fingerprint density at radius 2 is 2.00 bits per heavy atom. The molecule has 1 heterocycles. The number of carboxylic acids is 1. The van der Waals surface area contributed by atoms with Crippen molar-refractivity contribution in [3.63, 3.8) is 0 Å². The molecule has 2 aromatic rings. The Bertz CT molecular complexity index is 716. The number of benzene rings is 1. The van der Waals surface area contributed by atoms with E-state index in [0.717, 1.165) is 16.5 Å². The van der Waals surface area contributed by atoms with Crippen LogP contribution in [0.5, 0.6) is 0 Å². The molecule has 5 nitrogen and oxygen atoms in total. The van der Waals surface area contributed by atoms with Crippen LogP contribution < -0.4 is 5.32 Å². The van der Waals surface area contributed by atoms with E-state index >= 15 is 0 Å².